The molecule has 0 N–H and O–H groups in total. The minimum Gasteiger partial charge on any atom is -0.0744 e. The summed E-state index contributed by atoms with van der Waals surface area (Å²) < 4.78 is 2.76. The van der Waals surface area contributed by atoms with Gasteiger partial charge in [0.2, 0.25) is 0 Å². The Balaban J connectivity index is 2.43. The van der Waals surface area contributed by atoms with E-state index >= 15 is 0 Å². The Hall–Kier alpha value is 0.440. The van der Waals surface area contributed by atoms with Crippen LogP contribution < -0.4 is 0 Å². The summed E-state index contributed by atoms with van der Waals surface area (Å²) in [4.78, 5) is 0. The first-order valence-corrected chi connectivity index (χ1v) is 6.06. The Morgan fingerprint density at radius 1 is 0.833 bits per heavy atom. The zero-order valence-electron chi connectivity index (χ0n) is 7.15. The second-order valence-electron chi connectivity index (χ2n) is 3.09. The van der Waals surface area contributed by atoms with Crippen LogP contribution in [0, 0.1) is 0 Å². The number of halogens is 2. The average molecular weight is 294 g/mol. The van der Waals surface area contributed by atoms with Gasteiger partial charge in [-0.2, -0.15) is 0 Å². The maximum absolute atomic E-state index is 3.58. The predicted molar refractivity (Wildman–Crippen MR) is 61.7 cm³/mol. The minimum absolute atomic E-state index is 1.18. The number of rotatable bonds is 0. The van der Waals surface area contributed by atoms with Gasteiger partial charge in [0.15, 0.2) is 0 Å². The second kappa shape index (κ2) is 5.98. The molecule has 68 valence electrons. The van der Waals surface area contributed by atoms with E-state index in [2.05, 4.69) is 44.0 Å². The van der Waals surface area contributed by atoms with Gasteiger partial charge in [0, 0.05) is 0 Å². The van der Waals surface area contributed by atoms with Gasteiger partial charge in [-0.3, -0.25) is 0 Å². The van der Waals surface area contributed by atoms with Crippen molar-refractivity contribution in [3.05, 3.63) is 21.1 Å². The first-order valence-electron chi connectivity index (χ1n) is 4.48. The first kappa shape index (κ1) is 10.5. The highest BCUT2D eigenvalue weighted by atomic mass is 79.9. The summed E-state index contributed by atoms with van der Waals surface area (Å²) in [6.45, 7) is 0. The molecule has 0 aliphatic heterocycles. The largest absolute Gasteiger partial charge is 0.0744 e. The van der Waals surface area contributed by atoms with Crippen molar-refractivity contribution < 1.29 is 0 Å². The summed E-state index contributed by atoms with van der Waals surface area (Å²) in [6.07, 6.45) is 11.9. The van der Waals surface area contributed by atoms with Crippen LogP contribution in [-0.2, 0) is 0 Å². The SMILES string of the molecule is Br/C1=C/CCC/C=C(/Br)CCC1. The van der Waals surface area contributed by atoms with E-state index in [1.165, 1.54) is 47.5 Å². The van der Waals surface area contributed by atoms with Crippen LogP contribution in [0.5, 0.6) is 0 Å². The summed E-state index contributed by atoms with van der Waals surface area (Å²) in [5.41, 5.74) is 0. The molecule has 1 aliphatic carbocycles. The van der Waals surface area contributed by atoms with Crippen molar-refractivity contribution in [1.29, 1.82) is 0 Å². The van der Waals surface area contributed by atoms with Gasteiger partial charge in [0.1, 0.15) is 0 Å². The molecule has 12 heavy (non-hydrogen) atoms. The molecule has 0 saturated carbocycles. The van der Waals surface area contributed by atoms with Gasteiger partial charge in [-0.15, -0.1) is 0 Å². The van der Waals surface area contributed by atoms with E-state index in [0.29, 0.717) is 0 Å². The van der Waals surface area contributed by atoms with Crippen LogP contribution in [0.1, 0.15) is 38.5 Å². The van der Waals surface area contributed by atoms with Crippen molar-refractivity contribution in [3.8, 4) is 0 Å². The van der Waals surface area contributed by atoms with Gasteiger partial charge in [0.25, 0.3) is 0 Å². The fourth-order valence-corrected chi connectivity index (χ4v) is 2.28. The Bertz CT molecular complexity index is 172. The molecule has 0 spiro atoms. The lowest BCUT2D eigenvalue weighted by atomic mass is 10.1. The molecule has 0 saturated heterocycles. The standard InChI is InChI=1S/C10H14Br2/c11-9-5-2-1-3-6-10(12)8-4-7-9/h5-6H,1-4,7-8H2/b9-5+,10-6+. The first-order chi connectivity index (χ1) is 5.79. The van der Waals surface area contributed by atoms with Crippen molar-refractivity contribution in [1.82, 2.24) is 0 Å². The maximum Gasteiger partial charge on any atom is -0.00891 e. The van der Waals surface area contributed by atoms with Crippen LogP contribution >= 0.6 is 31.9 Å². The zero-order valence-corrected chi connectivity index (χ0v) is 10.3. The van der Waals surface area contributed by atoms with Crippen molar-refractivity contribution >= 4 is 31.9 Å². The molecular formula is C10H14Br2. The molecule has 0 atom stereocenters. The monoisotopic (exact) mass is 292 g/mol. The molecule has 1 aliphatic rings. The van der Waals surface area contributed by atoms with Crippen LogP contribution in [-0.4, -0.2) is 0 Å². The van der Waals surface area contributed by atoms with Crippen LogP contribution in [0.25, 0.3) is 0 Å². The van der Waals surface area contributed by atoms with Gasteiger partial charge in [-0.05, 0) is 47.5 Å². The average Bonchev–Trinajstić information content (AvgIpc) is 2.04. The van der Waals surface area contributed by atoms with Crippen molar-refractivity contribution in [3.63, 3.8) is 0 Å². The van der Waals surface area contributed by atoms with Crippen molar-refractivity contribution in [2.45, 2.75) is 38.5 Å². The lowest BCUT2D eigenvalue weighted by Crippen LogP contribution is -1.82. The molecule has 0 nitrogen and oxygen atoms in total. The smallest absolute Gasteiger partial charge is 0.00891 e. The van der Waals surface area contributed by atoms with Crippen LogP contribution in [0.2, 0.25) is 0 Å². The molecular weight excluding hydrogens is 280 g/mol. The van der Waals surface area contributed by atoms with E-state index in [-0.39, 0.29) is 0 Å². The predicted octanol–water partition coefficient (Wildman–Crippen LogP) is 4.90. The van der Waals surface area contributed by atoms with E-state index in [1.54, 1.807) is 0 Å². The molecule has 0 aromatic rings. The molecule has 0 bridgehead atoms. The van der Waals surface area contributed by atoms with Gasteiger partial charge < -0.3 is 0 Å². The van der Waals surface area contributed by atoms with Crippen LogP contribution in [0.3, 0.4) is 0 Å². The fourth-order valence-electron chi connectivity index (χ4n) is 1.27. The molecule has 0 heterocycles. The third-order valence-electron chi connectivity index (χ3n) is 1.97. The van der Waals surface area contributed by atoms with E-state index in [4.69, 9.17) is 0 Å². The fraction of sp³-hybridized carbons (Fsp3) is 0.600. The lowest BCUT2D eigenvalue weighted by molar-refractivity contribution is 0.808. The highest BCUT2D eigenvalue weighted by Crippen LogP contribution is 2.23. The molecule has 0 amide bonds. The summed E-state index contributed by atoms with van der Waals surface area (Å²) in [5, 5.41) is 0. The van der Waals surface area contributed by atoms with Gasteiger partial charge >= 0.3 is 0 Å². The maximum atomic E-state index is 3.58. The quantitative estimate of drug-likeness (QED) is 0.596. The molecule has 1 rings (SSSR count). The third-order valence-corrected chi connectivity index (χ3v) is 3.41. The number of hydrogen-bond donors (Lipinski definition) is 0. The highest BCUT2D eigenvalue weighted by Gasteiger charge is 1.98. The minimum atomic E-state index is 1.18. The van der Waals surface area contributed by atoms with Gasteiger partial charge in [-0.1, -0.05) is 44.0 Å². The topological polar surface area (TPSA) is 0 Å². The lowest BCUT2D eigenvalue weighted by Gasteiger charge is -2.03. The highest BCUT2D eigenvalue weighted by molar-refractivity contribution is 9.12. The second-order valence-corrected chi connectivity index (χ2v) is 5.12. The summed E-state index contributed by atoms with van der Waals surface area (Å²) in [6, 6.07) is 0. The van der Waals surface area contributed by atoms with Crippen LogP contribution in [0.15, 0.2) is 21.1 Å². The van der Waals surface area contributed by atoms with E-state index in [9.17, 15) is 0 Å². The molecule has 0 unspecified atom stereocenters. The molecule has 0 fully saturated rings. The Labute approximate surface area is 91.4 Å². The van der Waals surface area contributed by atoms with E-state index in [0.717, 1.165) is 0 Å². The number of allylic oxidation sites excluding steroid dienone is 4. The summed E-state index contributed by atoms with van der Waals surface area (Å²) in [7, 11) is 0. The van der Waals surface area contributed by atoms with Gasteiger partial charge in [0.05, 0.1) is 0 Å². The Morgan fingerprint density at radius 2 is 1.33 bits per heavy atom. The Kier molecular flexibility index (Phi) is 5.24. The van der Waals surface area contributed by atoms with Gasteiger partial charge in [-0.25, -0.2) is 0 Å². The third kappa shape index (κ3) is 4.46. The normalized spacial score (nSPS) is 29.8. The van der Waals surface area contributed by atoms with Crippen molar-refractivity contribution in [2.24, 2.45) is 0 Å². The summed E-state index contributed by atoms with van der Waals surface area (Å²) in [5.74, 6) is 0. The zero-order chi connectivity index (χ0) is 8.81. The molecule has 0 radical (unpaired) electrons. The Morgan fingerprint density at radius 3 is 1.83 bits per heavy atom. The van der Waals surface area contributed by atoms with E-state index in [1.807, 2.05) is 0 Å². The molecule has 2 heteroatoms. The molecule has 0 aromatic carbocycles. The molecule has 0 aromatic heterocycles. The summed E-state index contributed by atoms with van der Waals surface area (Å²) >= 11 is 7.16. The van der Waals surface area contributed by atoms with Crippen LogP contribution in [0.4, 0.5) is 0 Å². The van der Waals surface area contributed by atoms with Crippen molar-refractivity contribution in [2.75, 3.05) is 0 Å². The van der Waals surface area contributed by atoms with E-state index < -0.39 is 0 Å². The number of hydrogen-bond acceptors (Lipinski definition) is 0.